The van der Waals surface area contributed by atoms with E-state index in [4.69, 9.17) is 4.98 Å². The number of hydrogen-bond acceptors (Lipinski definition) is 5. The van der Waals surface area contributed by atoms with E-state index in [9.17, 15) is 9.90 Å². The maximum Gasteiger partial charge on any atom is 0.329 e. The number of nitrogens with zero attached hydrogens (tertiary/aromatic N) is 4. The number of aliphatic hydroxyl groups is 1. The molecule has 0 atom stereocenters. The first-order valence-corrected chi connectivity index (χ1v) is 10.2. The fourth-order valence-corrected chi connectivity index (χ4v) is 4.56. The number of imidazole rings is 1. The number of benzene rings is 1. The largest absolute Gasteiger partial charge is 0.396 e. The molecular weight excluding hydrogens is 366 g/mol. The maximum absolute atomic E-state index is 12.7. The van der Waals surface area contributed by atoms with Crippen LogP contribution in [0.25, 0.3) is 33.5 Å². The number of hydrogen-bond donors (Lipinski definition) is 2. The minimum Gasteiger partial charge on any atom is -0.396 e. The zero-order chi connectivity index (χ0) is 19.8. The first kappa shape index (κ1) is 18.0. The van der Waals surface area contributed by atoms with Crippen LogP contribution in [-0.4, -0.2) is 36.2 Å². The molecule has 0 spiro atoms. The van der Waals surface area contributed by atoms with Crippen molar-refractivity contribution in [2.24, 2.45) is 5.92 Å². The molecule has 0 unspecified atom stereocenters. The molecule has 1 fully saturated rings. The third kappa shape index (κ3) is 3.21. The van der Waals surface area contributed by atoms with Gasteiger partial charge in [-0.1, -0.05) is 18.2 Å². The highest BCUT2D eigenvalue weighted by Gasteiger charge is 2.25. The summed E-state index contributed by atoms with van der Waals surface area (Å²) in [6.45, 7) is 0.233. The molecule has 1 saturated carbocycles. The van der Waals surface area contributed by atoms with Gasteiger partial charge < -0.3 is 5.11 Å². The van der Waals surface area contributed by atoms with Gasteiger partial charge in [-0.25, -0.2) is 14.8 Å². The molecule has 4 aromatic rings. The first-order chi connectivity index (χ1) is 14.2. The lowest BCUT2D eigenvalue weighted by molar-refractivity contribution is 0.207. The third-order valence-corrected chi connectivity index (χ3v) is 6.07. The molecule has 7 heteroatoms. The molecule has 7 nitrogen and oxygen atoms in total. The van der Waals surface area contributed by atoms with Gasteiger partial charge in [0, 0.05) is 29.8 Å². The zero-order valence-corrected chi connectivity index (χ0v) is 16.1. The summed E-state index contributed by atoms with van der Waals surface area (Å²) < 4.78 is 1.78. The van der Waals surface area contributed by atoms with Crippen LogP contribution in [0.15, 0.2) is 47.5 Å². The Morgan fingerprint density at radius 2 is 1.97 bits per heavy atom. The number of fused-ring (bicyclic) bond motifs is 2. The Morgan fingerprint density at radius 1 is 1.10 bits per heavy atom. The van der Waals surface area contributed by atoms with Crippen molar-refractivity contribution in [3.8, 4) is 11.3 Å². The van der Waals surface area contributed by atoms with Crippen molar-refractivity contribution in [1.82, 2.24) is 24.5 Å². The SMILES string of the molecule is O=c1[nH]c2ncc(-c3cccc4ncccc34)nc2n1[C@H]1CC[C@H](CCO)CC1. The van der Waals surface area contributed by atoms with Gasteiger partial charge in [-0.15, -0.1) is 0 Å². The molecule has 5 rings (SSSR count). The van der Waals surface area contributed by atoms with Crippen molar-refractivity contribution in [1.29, 1.82) is 0 Å². The second-order valence-electron chi connectivity index (χ2n) is 7.79. The fourth-order valence-electron chi connectivity index (χ4n) is 4.56. The zero-order valence-electron chi connectivity index (χ0n) is 16.1. The number of aromatic nitrogens is 5. The number of pyridine rings is 1. The minimum atomic E-state index is -0.151. The van der Waals surface area contributed by atoms with Crippen LogP contribution in [0.1, 0.15) is 38.1 Å². The number of rotatable bonds is 4. The lowest BCUT2D eigenvalue weighted by atomic mass is 9.84. The molecule has 29 heavy (non-hydrogen) atoms. The van der Waals surface area contributed by atoms with E-state index in [0.717, 1.165) is 54.3 Å². The molecule has 3 heterocycles. The van der Waals surface area contributed by atoms with Gasteiger partial charge in [-0.05, 0) is 50.2 Å². The van der Waals surface area contributed by atoms with Crippen LogP contribution < -0.4 is 5.69 Å². The van der Waals surface area contributed by atoms with Gasteiger partial charge in [0.15, 0.2) is 11.3 Å². The van der Waals surface area contributed by atoms with Crippen LogP contribution in [-0.2, 0) is 0 Å². The van der Waals surface area contributed by atoms with E-state index in [2.05, 4.69) is 15.0 Å². The van der Waals surface area contributed by atoms with E-state index >= 15 is 0 Å². The highest BCUT2D eigenvalue weighted by Crippen LogP contribution is 2.34. The van der Waals surface area contributed by atoms with Gasteiger partial charge in [-0.3, -0.25) is 14.5 Å². The van der Waals surface area contributed by atoms with Gasteiger partial charge in [0.1, 0.15) is 0 Å². The molecular formula is C22H23N5O2. The Bertz CT molecular complexity index is 1220. The van der Waals surface area contributed by atoms with Crippen molar-refractivity contribution in [3.05, 3.63) is 53.2 Å². The minimum absolute atomic E-state index is 0.116. The summed E-state index contributed by atoms with van der Waals surface area (Å²) in [4.78, 5) is 29.3. The second-order valence-corrected chi connectivity index (χ2v) is 7.79. The molecule has 0 bridgehead atoms. The fraction of sp³-hybridized carbons (Fsp3) is 0.364. The summed E-state index contributed by atoms with van der Waals surface area (Å²) in [5.41, 5.74) is 3.58. The normalized spacial score (nSPS) is 19.8. The summed E-state index contributed by atoms with van der Waals surface area (Å²) in [7, 11) is 0. The van der Waals surface area contributed by atoms with Crippen molar-refractivity contribution >= 4 is 22.2 Å². The van der Waals surface area contributed by atoms with Crippen molar-refractivity contribution in [2.45, 2.75) is 38.1 Å². The Balaban J connectivity index is 1.57. The standard InChI is InChI=1S/C22H23N5O2/c28-12-10-14-6-8-15(9-7-14)27-21-20(26-22(27)29)24-13-19(25-21)17-3-1-5-18-16(17)4-2-11-23-18/h1-5,11,13-15,28H,6-10,12H2,(H,24,26,29)/t14-,15-. The molecule has 0 aliphatic heterocycles. The summed E-state index contributed by atoms with van der Waals surface area (Å²) in [5, 5.41) is 10.2. The van der Waals surface area contributed by atoms with Gasteiger partial charge >= 0.3 is 5.69 Å². The van der Waals surface area contributed by atoms with E-state index in [0.29, 0.717) is 17.2 Å². The lowest BCUT2D eigenvalue weighted by Crippen LogP contribution is -2.26. The molecule has 1 aliphatic carbocycles. The summed E-state index contributed by atoms with van der Waals surface area (Å²) in [6.07, 6.45) is 8.21. The maximum atomic E-state index is 12.7. The van der Waals surface area contributed by atoms with Crippen molar-refractivity contribution in [3.63, 3.8) is 0 Å². The van der Waals surface area contributed by atoms with Gasteiger partial charge in [0.25, 0.3) is 0 Å². The predicted octanol–water partition coefficient (Wildman–Crippen LogP) is 3.45. The van der Waals surface area contributed by atoms with Crippen LogP contribution >= 0.6 is 0 Å². The van der Waals surface area contributed by atoms with Gasteiger partial charge in [-0.2, -0.15) is 0 Å². The highest BCUT2D eigenvalue weighted by molar-refractivity contribution is 5.93. The Morgan fingerprint density at radius 3 is 2.79 bits per heavy atom. The molecule has 3 aromatic heterocycles. The first-order valence-electron chi connectivity index (χ1n) is 10.2. The van der Waals surface area contributed by atoms with Crippen LogP contribution in [0.3, 0.4) is 0 Å². The number of aromatic amines is 1. The summed E-state index contributed by atoms with van der Waals surface area (Å²) in [6, 6.07) is 10.00. The molecule has 2 N–H and O–H groups in total. The van der Waals surface area contributed by atoms with Gasteiger partial charge in [0.05, 0.1) is 17.4 Å². The van der Waals surface area contributed by atoms with E-state index < -0.39 is 0 Å². The van der Waals surface area contributed by atoms with Crippen molar-refractivity contribution in [2.75, 3.05) is 6.61 Å². The number of nitrogens with one attached hydrogen (secondary N) is 1. The van der Waals surface area contributed by atoms with Crippen LogP contribution in [0, 0.1) is 5.92 Å². The summed E-state index contributed by atoms with van der Waals surface area (Å²) in [5.74, 6) is 0.544. The van der Waals surface area contributed by atoms with Crippen LogP contribution in [0.4, 0.5) is 0 Å². The van der Waals surface area contributed by atoms with E-state index in [-0.39, 0.29) is 18.3 Å². The molecule has 0 amide bonds. The molecule has 0 radical (unpaired) electrons. The molecule has 148 valence electrons. The van der Waals surface area contributed by atoms with Gasteiger partial charge in [0.2, 0.25) is 0 Å². The predicted molar refractivity (Wildman–Crippen MR) is 112 cm³/mol. The Hall–Kier alpha value is -3.06. The number of aliphatic hydroxyl groups excluding tert-OH is 1. The quantitative estimate of drug-likeness (QED) is 0.557. The molecule has 0 saturated heterocycles. The Kier molecular flexibility index (Phi) is 4.60. The third-order valence-electron chi connectivity index (χ3n) is 6.07. The van der Waals surface area contributed by atoms with Crippen molar-refractivity contribution < 1.29 is 5.11 Å². The van der Waals surface area contributed by atoms with E-state index in [1.54, 1.807) is 17.0 Å². The lowest BCUT2D eigenvalue weighted by Gasteiger charge is -2.28. The van der Waals surface area contributed by atoms with E-state index in [1.165, 1.54) is 0 Å². The summed E-state index contributed by atoms with van der Waals surface area (Å²) >= 11 is 0. The monoisotopic (exact) mass is 389 g/mol. The topological polar surface area (TPSA) is 96.7 Å². The molecule has 1 aromatic carbocycles. The molecule has 1 aliphatic rings. The average molecular weight is 389 g/mol. The Labute approximate surface area is 167 Å². The van der Waals surface area contributed by atoms with Crippen LogP contribution in [0.5, 0.6) is 0 Å². The average Bonchev–Trinajstić information content (AvgIpc) is 3.09. The smallest absolute Gasteiger partial charge is 0.329 e. The second kappa shape index (κ2) is 7.40. The highest BCUT2D eigenvalue weighted by atomic mass is 16.3. The number of H-pyrrole nitrogens is 1. The van der Waals surface area contributed by atoms with E-state index in [1.807, 2.05) is 30.3 Å². The van der Waals surface area contributed by atoms with Crippen LogP contribution in [0.2, 0.25) is 0 Å².